The summed E-state index contributed by atoms with van der Waals surface area (Å²) in [4.78, 5) is 21.8. The lowest BCUT2D eigenvalue weighted by Crippen LogP contribution is -2.48. The van der Waals surface area contributed by atoms with Crippen molar-refractivity contribution in [3.63, 3.8) is 0 Å². The van der Waals surface area contributed by atoms with Crippen molar-refractivity contribution in [2.75, 3.05) is 37.6 Å². The van der Waals surface area contributed by atoms with Gasteiger partial charge in [0.15, 0.2) is 0 Å². The summed E-state index contributed by atoms with van der Waals surface area (Å²) in [6.45, 7) is 4.24. The summed E-state index contributed by atoms with van der Waals surface area (Å²) in [7, 11) is 0. The maximum Gasteiger partial charge on any atom is 0.256 e. The maximum atomic E-state index is 13.1. The Kier molecular flexibility index (Phi) is 5.09. The molecular weight excluding hydrogens is 348 g/mol. The summed E-state index contributed by atoms with van der Waals surface area (Å²) >= 11 is 6.38. The number of piperazine rings is 1. The van der Waals surface area contributed by atoms with E-state index in [1.807, 2.05) is 41.3 Å². The predicted molar refractivity (Wildman–Crippen MR) is 104 cm³/mol. The predicted octanol–water partition coefficient (Wildman–Crippen LogP) is 3.12. The molecule has 26 heavy (non-hydrogen) atoms. The number of hydrogen-bond donors (Lipinski definition) is 1. The molecule has 0 spiro atoms. The van der Waals surface area contributed by atoms with E-state index in [0.717, 1.165) is 31.0 Å². The first-order chi connectivity index (χ1) is 12.7. The van der Waals surface area contributed by atoms with Crippen LogP contribution in [0.4, 0.5) is 5.82 Å². The van der Waals surface area contributed by atoms with Gasteiger partial charge in [-0.3, -0.25) is 4.79 Å². The van der Waals surface area contributed by atoms with Crippen LogP contribution in [0.15, 0.2) is 42.6 Å². The number of carbonyl (C=O) groups is 1. The van der Waals surface area contributed by atoms with E-state index in [-0.39, 0.29) is 11.9 Å². The molecule has 1 unspecified atom stereocenters. The molecule has 6 heteroatoms. The molecule has 0 aliphatic carbocycles. The van der Waals surface area contributed by atoms with Crippen molar-refractivity contribution in [3.05, 3.63) is 58.7 Å². The minimum absolute atomic E-state index is 0.0110. The number of nitrogens with zero attached hydrogens (tertiary/aromatic N) is 3. The molecule has 2 aliphatic heterocycles. The third-order valence-electron chi connectivity index (χ3n) is 5.19. The highest BCUT2D eigenvalue weighted by atomic mass is 35.5. The van der Waals surface area contributed by atoms with Crippen LogP contribution in [0.2, 0.25) is 5.02 Å². The number of amides is 1. The van der Waals surface area contributed by atoms with Crippen molar-refractivity contribution in [3.8, 4) is 0 Å². The molecule has 3 heterocycles. The zero-order valence-electron chi connectivity index (χ0n) is 14.7. The fourth-order valence-corrected chi connectivity index (χ4v) is 4.04. The molecule has 5 nitrogen and oxygen atoms in total. The largest absolute Gasteiger partial charge is 0.357 e. The van der Waals surface area contributed by atoms with Gasteiger partial charge >= 0.3 is 0 Å². The van der Waals surface area contributed by atoms with E-state index < -0.39 is 0 Å². The van der Waals surface area contributed by atoms with Crippen LogP contribution in [0.5, 0.6) is 0 Å². The Hall–Kier alpha value is -2.11. The van der Waals surface area contributed by atoms with E-state index in [2.05, 4.69) is 15.2 Å². The SMILES string of the molecule is O=C(c1ccc(N2CCCC2)nc1)N1CCNCC1c1ccccc1Cl. The summed E-state index contributed by atoms with van der Waals surface area (Å²) in [5, 5.41) is 4.06. The first-order valence-electron chi connectivity index (χ1n) is 9.21. The Bertz CT molecular complexity index is 774. The Morgan fingerprint density at radius 3 is 2.65 bits per heavy atom. The van der Waals surface area contributed by atoms with E-state index >= 15 is 0 Å². The van der Waals surface area contributed by atoms with Gasteiger partial charge in [0.1, 0.15) is 5.82 Å². The van der Waals surface area contributed by atoms with Crippen LogP contribution in [-0.2, 0) is 0 Å². The topological polar surface area (TPSA) is 48.5 Å². The smallest absolute Gasteiger partial charge is 0.256 e. The highest BCUT2D eigenvalue weighted by Crippen LogP contribution is 2.29. The highest BCUT2D eigenvalue weighted by molar-refractivity contribution is 6.31. The van der Waals surface area contributed by atoms with E-state index in [9.17, 15) is 4.79 Å². The first kappa shape index (κ1) is 17.3. The fraction of sp³-hybridized carbons (Fsp3) is 0.400. The van der Waals surface area contributed by atoms with Crippen LogP contribution in [-0.4, -0.2) is 48.5 Å². The van der Waals surface area contributed by atoms with Gasteiger partial charge in [0, 0.05) is 43.9 Å². The summed E-state index contributed by atoms with van der Waals surface area (Å²) in [6.07, 6.45) is 4.13. The number of anilines is 1. The van der Waals surface area contributed by atoms with Crippen LogP contribution in [0, 0.1) is 0 Å². The summed E-state index contributed by atoms with van der Waals surface area (Å²) in [5.41, 5.74) is 1.61. The van der Waals surface area contributed by atoms with Gasteiger partial charge in [-0.05, 0) is 36.6 Å². The summed E-state index contributed by atoms with van der Waals surface area (Å²) in [6, 6.07) is 11.5. The van der Waals surface area contributed by atoms with Gasteiger partial charge in [-0.25, -0.2) is 4.98 Å². The second-order valence-electron chi connectivity index (χ2n) is 6.84. The zero-order valence-corrected chi connectivity index (χ0v) is 15.5. The molecule has 1 aromatic heterocycles. The molecule has 136 valence electrons. The van der Waals surface area contributed by atoms with Crippen molar-refractivity contribution < 1.29 is 4.79 Å². The highest BCUT2D eigenvalue weighted by Gasteiger charge is 2.30. The van der Waals surface area contributed by atoms with Crippen LogP contribution in [0.1, 0.15) is 34.8 Å². The van der Waals surface area contributed by atoms with Crippen LogP contribution in [0.25, 0.3) is 0 Å². The van der Waals surface area contributed by atoms with Crippen LogP contribution >= 0.6 is 11.6 Å². The molecule has 0 bridgehead atoms. The Morgan fingerprint density at radius 2 is 1.92 bits per heavy atom. The Labute approximate surface area is 159 Å². The molecule has 1 N–H and O–H groups in total. The number of pyridine rings is 1. The van der Waals surface area contributed by atoms with Crippen LogP contribution < -0.4 is 10.2 Å². The Morgan fingerprint density at radius 1 is 1.12 bits per heavy atom. The van der Waals surface area contributed by atoms with Crippen molar-refractivity contribution in [2.24, 2.45) is 0 Å². The van der Waals surface area contributed by atoms with Gasteiger partial charge in [0.2, 0.25) is 0 Å². The minimum atomic E-state index is -0.0665. The quantitative estimate of drug-likeness (QED) is 0.901. The lowest BCUT2D eigenvalue weighted by Gasteiger charge is -2.37. The molecule has 2 aromatic rings. The van der Waals surface area contributed by atoms with Gasteiger partial charge in [0.25, 0.3) is 5.91 Å². The number of halogens is 1. The molecule has 0 radical (unpaired) electrons. The van der Waals surface area contributed by atoms with Gasteiger partial charge in [-0.2, -0.15) is 0 Å². The van der Waals surface area contributed by atoms with Gasteiger partial charge < -0.3 is 15.1 Å². The number of carbonyl (C=O) groups excluding carboxylic acids is 1. The number of aromatic nitrogens is 1. The summed E-state index contributed by atoms with van der Waals surface area (Å²) in [5.74, 6) is 0.971. The minimum Gasteiger partial charge on any atom is -0.357 e. The number of rotatable bonds is 3. The lowest BCUT2D eigenvalue weighted by atomic mass is 10.0. The molecule has 4 rings (SSSR count). The van der Waals surface area contributed by atoms with Gasteiger partial charge in [-0.15, -0.1) is 0 Å². The molecule has 2 fully saturated rings. The number of nitrogens with one attached hydrogen (secondary N) is 1. The Balaban J connectivity index is 1.56. The average Bonchev–Trinajstić information content (AvgIpc) is 3.23. The second kappa shape index (κ2) is 7.64. The first-order valence-corrected chi connectivity index (χ1v) is 9.59. The molecule has 2 saturated heterocycles. The van der Waals surface area contributed by atoms with Gasteiger partial charge in [-0.1, -0.05) is 29.8 Å². The van der Waals surface area contributed by atoms with E-state index in [0.29, 0.717) is 23.7 Å². The molecule has 1 atom stereocenters. The third-order valence-corrected chi connectivity index (χ3v) is 5.54. The third kappa shape index (κ3) is 3.41. The number of hydrogen-bond acceptors (Lipinski definition) is 4. The molecule has 2 aliphatic rings. The monoisotopic (exact) mass is 370 g/mol. The number of benzene rings is 1. The standard InChI is InChI=1S/C20H23ClN4O/c21-17-6-2-1-5-16(17)18-14-22-9-12-25(18)20(26)15-7-8-19(23-13-15)24-10-3-4-11-24/h1-2,5-8,13,18,22H,3-4,9-12,14H2. The summed E-state index contributed by atoms with van der Waals surface area (Å²) < 4.78 is 0. The average molecular weight is 371 g/mol. The maximum absolute atomic E-state index is 13.1. The lowest BCUT2D eigenvalue weighted by molar-refractivity contribution is 0.0634. The van der Waals surface area contributed by atoms with E-state index in [1.54, 1.807) is 6.20 Å². The van der Waals surface area contributed by atoms with Crippen molar-refractivity contribution >= 4 is 23.3 Å². The molecule has 0 saturated carbocycles. The normalized spacial score (nSPS) is 20.4. The van der Waals surface area contributed by atoms with E-state index in [4.69, 9.17) is 11.6 Å². The van der Waals surface area contributed by atoms with E-state index in [1.165, 1.54) is 12.8 Å². The van der Waals surface area contributed by atoms with Crippen molar-refractivity contribution in [2.45, 2.75) is 18.9 Å². The molecule has 1 aromatic carbocycles. The molecule has 1 amide bonds. The van der Waals surface area contributed by atoms with Gasteiger partial charge in [0.05, 0.1) is 11.6 Å². The van der Waals surface area contributed by atoms with Crippen molar-refractivity contribution in [1.82, 2.24) is 15.2 Å². The van der Waals surface area contributed by atoms with Crippen LogP contribution in [0.3, 0.4) is 0 Å². The second-order valence-corrected chi connectivity index (χ2v) is 7.25. The molecular formula is C20H23ClN4O. The fourth-order valence-electron chi connectivity index (χ4n) is 3.78. The van der Waals surface area contributed by atoms with Crippen molar-refractivity contribution in [1.29, 1.82) is 0 Å². The zero-order chi connectivity index (χ0) is 17.9.